The summed E-state index contributed by atoms with van der Waals surface area (Å²) in [5.74, 6) is 0.681. The molecule has 1 aliphatic carbocycles. The monoisotopic (exact) mass is 153 g/mol. The molecule has 2 atom stereocenters. The van der Waals surface area contributed by atoms with Gasteiger partial charge in [-0.1, -0.05) is 11.6 Å². The van der Waals surface area contributed by atoms with Crippen LogP contribution in [-0.2, 0) is 0 Å². The van der Waals surface area contributed by atoms with Crippen LogP contribution in [0.15, 0.2) is 11.6 Å². The normalized spacial score (nSPS) is 37.7. The third kappa shape index (κ3) is 1.47. The summed E-state index contributed by atoms with van der Waals surface area (Å²) in [5, 5.41) is 12.7. The van der Waals surface area contributed by atoms with Gasteiger partial charge in [-0.3, -0.25) is 0 Å². The highest BCUT2D eigenvalue weighted by atomic mass is 16.3. The number of hydrogen-bond acceptors (Lipinski definition) is 2. The fourth-order valence-corrected chi connectivity index (χ4v) is 2.06. The van der Waals surface area contributed by atoms with Crippen LogP contribution in [0, 0.1) is 5.92 Å². The van der Waals surface area contributed by atoms with E-state index in [4.69, 9.17) is 0 Å². The second kappa shape index (κ2) is 2.95. The molecule has 0 spiro atoms. The number of hydrogen-bond donors (Lipinski definition) is 2. The lowest BCUT2D eigenvalue weighted by molar-refractivity contribution is 0.137. The van der Waals surface area contributed by atoms with Gasteiger partial charge >= 0.3 is 0 Å². The first-order chi connectivity index (χ1) is 5.36. The maximum atomic E-state index is 9.38. The molecule has 0 aromatic carbocycles. The Labute approximate surface area is 67.3 Å². The minimum Gasteiger partial charge on any atom is -0.393 e. The van der Waals surface area contributed by atoms with Crippen molar-refractivity contribution in [1.29, 1.82) is 0 Å². The highest BCUT2D eigenvalue weighted by Gasteiger charge is 2.24. The first kappa shape index (κ1) is 7.32. The van der Waals surface area contributed by atoms with Gasteiger partial charge in [-0.05, 0) is 31.7 Å². The average molecular weight is 153 g/mol. The topological polar surface area (TPSA) is 32.3 Å². The predicted molar refractivity (Wildman–Crippen MR) is 44.3 cm³/mol. The highest BCUT2D eigenvalue weighted by molar-refractivity contribution is 5.15. The van der Waals surface area contributed by atoms with E-state index in [2.05, 4.69) is 11.4 Å². The van der Waals surface area contributed by atoms with E-state index in [0.29, 0.717) is 5.92 Å². The van der Waals surface area contributed by atoms with E-state index in [-0.39, 0.29) is 6.10 Å². The van der Waals surface area contributed by atoms with Gasteiger partial charge in [0.1, 0.15) is 0 Å². The molecular weight excluding hydrogens is 138 g/mol. The maximum Gasteiger partial charge on any atom is 0.0580 e. The van der Waals surface area contributed by atoms with Gasteiger partial charge in [-0.15, -0.1) is 0 Å². The third-order valence-corrected chi connectivity index (χ3v) is 2.73. The van der Waals surface area contributed by atoms with Crippen molar-refractivity contribution < 1.29 is 5.11 Å². The minimum atomic E-state index is -0.0677. The summed E-state index contributed by atoms with van der Waals surface area (Å²) >= 11 is 0. The van der Waals surface area contributed by atoms with Crippen LogP contribution in [0.2, 0.25) is 0 Å². The Morgan fingerprint density at radius 3 is 3.36 bits per heavy atom. The van der Waals surface area contributed by atoms with E-state index in [0.717, 1.165) is 25.9 Å². The fourth-order valence-electron chi connectivity index (χ4n) is 2.06. The molecule has 2 unspecified atom stereocenters. The van der Waals surface area contributed by atoms with Crippen LogP contribution < -0.4 is 5.32 Å². The molecule has 0 aromatic rings. The molecule has 0 bridgehead atoms. The number of piperidine rings is 1. The number of aliphatic hydroxyl groups is 1. The Balaban J connectivity index is 2.08. The molecule has 2 rings (SSSR count). The Hall–Kier alpha value is -0.340. The molecule has 2 heteroatoms. The summed E-state index contributed by atoms with van der Waals surface area (Å²) in [6.07, 6.45) is 5.22. The zero-order chi connectivity index (χ0) is 7.68. The van der Waals surface area contributed by atoms with Crippen molar-refractivity contribution in [2.24, 2.45) is 5.92 Å². The lowest BCUT2D eigenvalue weighted by Gasteiger charge is -2.31. The smallest absolute Gasteiger partial charge is 0.0580 e. The largest absolute Gasteiger partial charge is 0.393 e. The first-order valence-corrected chi connectivity index (χ1v) is 4.44. The molecule has 0 aromatic heterocycles. The van der Waals surface area contributed by atoms with Crippen molar-refractivity contribution in [1.82, 2.24) is 5.32 Å². The van der Waals surface area contributed by atoms with Crippen LogP contribution in [0.3, 0.4) is 0 Å². The van der Waals surface area contributed by atoms with E-state index in [1.807, 2.05) is 0 Å². The van der Waals surface area contributed by atoms with Crippen molar-refractivity contribution >= 4 is 0 Å². The van der Waals surface area contributed by atoms with E-state index in [1.165, 1.54) is 12.0 Å². The Morgan fingerprint density at radius 2 is 2.45 bits per heavy atom. The van der Waals surface area contributed by atoms with Crippen molar-refractivity contribution in [3.05, 3.63) is 11.6 Å². The van der Waals surface area contributed by atoms with E-state index in [9.17, 15) is 5.11 Å². The highest BCUT2D eigenvalue weighted by Crippen LogP contribution is 2.28. The summed E-state index contributed by atoms with van der Waals surface area (Å²) in [6, 6.07) is 0. The summed E-state index contributed by atoms with van der Waals surface area (Å²) in [4.78, 5) is 0. The van der Waals surface area contributed by atoms with E-state index >= 15 is 0 Å². The van der Waals surface area contributed by atoms with Crippen LogP contribution in [0.5, 0.6) is 0 Å². The summed E-state index contributed by atoms with van der Waals surface area (Å²) in [6.45, 7) is 2.17. The molecule has 0 saturated carbocycles. The van der Waals surface area contributed by atoms with Gasteiger partial charge in [0.25, 0.3) is 0 Å². The van der Waals surface area contributed by atoms with E-state index in [1.54, 1.807) is 0 Å². The lowest BCUT2D eigenvalue weighted by Crippen LogP contribution is -2.34. The Morgan fingerprint density at radius 1 is 1.55 bits per heavy atom. The van der Waals surface area contributed by atoms with Crippen LogP contribution in [0.1, 0.15) is 19.3 Å². The number of rotatable bonds is 0. The molecule has 1 saturated heterocycles. The van der Waals surface area contributed by atoms with Gasteiger partial charge in [0.15, 0.2) is 0 Å². The standard InChI is InChI=1S/C9H15NO/c11-9-2-1-8-6-10-4-3-7(8)5-9/h1,7,9-11H,2-6H2. The molecule has 11 heavy (non-hydrogen) atoms. The second-order valence-electron chi connectivity index (χ2n) is 3.57. The first-order valence-electron chi connectivity index (χ1n) is 4.44. The van der Waals surface area contributed by atoms with Crippen molar-refractivity contribution in [2.75, 3.05) is 13.1 Å². The molecule has 62 valence electrons. The van der Waals surface area contributed by atoms with Gasteiger partial charge in [0.2, 0.25) is 0 Å². The molecule has 0 amide bonds. The van der Waals surface area contributed by atoms with Crippen molar-refractivity contribution in [3.8, 4) is 0 Å². The van der Waals surface area contributed by atoms with Crippen LogP contribution in [0.25, 0.3) is 0 Å². The molecule has 1 heterocycles. The molecule has 2 N–H and O–H groups in total. The summed E-state index contributed by atoms with van der Waals surface area (Å²) in [7, 11) is 0. The number of aliphatic hydroxyl groups excluding tert-OH is 1. The zero-order valence-electron chi connectivity index (χ0n) is 6.71. The van der Waals surface area contributed by atoms with Crippen LogP contribution in [-0.4, -0.2) is 24.3 Å². The molecular formula is C9H15NO. The number of nitrogens with one attached hydrogen (secondary N) is 1. The Bertz CT molecular complexity index is 176. The fraction of sp³-hybridized carbons (Fsp3) is 0.778. The second-order valence-corrected chi connectivity index (χ2v) is 3.57. The zero-order valence-corrected chi connectivity index (χ0v) is 6.71. The maximum absolute atomic E-state index is 9.38. The van der Waals surface area contributed by atoms with E-state index < -0.39 is 0 Å². The van der Waals surface area contributed by atoms with Gasteiger partial charge in [0, 0.05) is 6.54 Å². The van der Waals surface area contributed by atoms with Crippen LogP contribution in [0.4, 0.5) is 0 Å². The predicted octanol–water partition coefficient (Wildman–Crippen LogP) is 0.677. The number of fused-ring (bicyclic) bond motifs is 1. The van der Waals surface area contributed by atoms with Gasteiger partial charge in [-0.2, -0.15) is 0 Å². The molecule has 1 aliphatic heterocycles. The average Bonchev–Trinajstić information content (AvgIpc) is 2.04. The third-order valence-electron chi connectivity index (χ3n) is 2.73. The van der Waals surface area contributed by atoms with Gasteiger partial charge in [-0.25, -0.2) is 0 Å². The SMILES string of the molecule is OC1CC=C2CNCCC2C1. The lowest BCUT2D eigenvalue weighted by atomic mass is 9.82. The summed E-state index contributed by atoms with van der Waals surface area (Å²) in [5.41, 5.74) is 1.53. The molecule has 2 aliphatic rings. The quantitative estimate of drug-likeness (QED) is 0.501. The van der Waals surface area contributed by atoms with Gasteiger partial charge < -0.3 is 10.4 Å². The Kier molecular flexibility index (Phi) is 1.96. The van der Waals surface area contributed by atoms with Crippen LogP contribution >= 0.6 is 0 Å². The van der Waals surface area contributed by atoms with Gasteiger partial charge in [0.05, 0.1) is 6.10 Å². The van der Waals surface area contributed by atoms with Crippen molar-refractivity contribution in [2.45, 2.75) is 25.4 Å². The van der Waals surface area contributed by atoms with Crippen molar-refractivity contribution in [3.63, 3.8) is 0 Å². The summed E-state index contributed by atoms with van der Waals surface area (Å²) < 4.78 is 0. The molecule has 0 radical (unpaired) electrons. The molecule has 2 nitrogen and oxygen atoms in total. The molecule has 1 fully saturated rings. The minimum absolute atomic E-state index is 0.0677.